The van der Waals surface area contributed by atoms with Gasteiger partial charge in [-0.2, -0.15) is 0 Å². The van der Waals surface area contributed by atoms with Crippen LogP contribution in [0.1, 0.15) is 46.8 Å². The monoisotopic (exact) mass is 523 g/mol. The van der Waals surface area contributed by atoms with Crippen molar-refractivity contribution in [2.24, 2.45) is 0 Å². The van der Waals surface area contributed by atoms with Crippen LogP contribution >= 0.6 is 0 Å². The highest BCUT2D eigenvalue weighted by Crippen LogP contribution is 2.45. The van der Waals surface area contributed by atoms with E-state index in [1.807, 2.05) is 18.2 Å². The summed E-state index contributed by atoms with van der Waals surface area (Å²) in [7, 11) is 0. The lowest BCUT2D eigenvalue weighted by molar-refractivity contribution is -0.578. The van der Waals surface area contributed by atoms with E-state index in [2.05, 4.69) is 139 Å². The highest BCUT2D eigenvalue weighted by molar-refractivity contribution is 5.83. The van der Waals surface area contributed by atoms with Gasteiger partial charge in [-0.1, -0.05) is 122 Å². The molecule has 1 N–H and O–H groups in total. The fourth-order valence-corrected chi connectivity index (χ4v) is 6.08. The van der Waals surface area contributed by atoms with Crippen molar-refractivity contribution < 1.29 is 9.68 Å². The van der Waals surface area contributed by atoms with Crippen LogP contribution < -0.4 is 4.90 Å². The second kappa shape index (κ2) is 11.2. The maximum atomic E-state index is 11.0. The number of aryl methyl sites for hydroxylation is 2. The van der Waals surface area contributed by atoms with Gasteiger partial charge in [-0.3, -0.25) is 4.58 Å². The Morgan fingerprint density at radius 1 is 0.675 bits per heavy atom. The molecule has 0 bridgehead atoms. The number of hydrogen-bond donors (Lipinski definition) is 1. The Balaban J connectivity index is 1.52. The molecule has 0 amide bonds. The molecule has 5 aromatic rings. The zero-order chi connectivity index (χ0) is 27.5. The summed E-state index contributed by atoms with van der Waals surface area (Å²) in [6.07, 6.45) is 3.24. The van der Waals surface area contributed by atoms with E-state index < -0.39 is 0 Å². The van der Waals surface area contributed by atoms with Gasteiger partial charge in [-0.05, 0) is 47.7 Å². The highest BCUT2D eigenvalue weighted by atomic mass is 16.3. The molecule has 0 unspecified atom stereocenters. The van der Waals surface area contributed by atoms with E-state index in [-0.39, 0.29) is 12.1 Å². The zero-order valence-electron chi connectivity index (χ0n) is 23.1. The van der Waals surface area contributed by atoms with E-state index in [4.69, 9.17) is 0 Å². The zero-order valence-corrected chi connectivity index (χ0v) is 23.1. The Kier molecular flexibility index (Phi) is 7.20. The van der Waals surface area contributed by atoms with Gasteiger partial charge in [0.2, 0.25) is 6.34 Å². The third kappa shape index (κ3) is 4.91. The molecule has 198 valence electrons. The van der Waals surface area contributed by atoms with Crippen LogP contribution in [0.3, 0.4) is 0 Å². The quantitative estimate of drug-likeness (QED) is 0.217. The number of hydrogen-bond acceptors (Lipinski definition) is 2. The first-order valence-corrected chi connectivity index (χ1v) is 14.1. The van der Waals surface area contributed by atoms with Crippen molar-refractivity contribution in [2.45, 2.75) is 38.9 Å². The highest BCUT2D eigenvalue weighted by Gasteiger charge is 2.46. The van der Waals surface area contributed by atoms with E-state index in [1.54, 1.807) is 0 Å². The van der Waals surface area contributed by atoms with E-state index in [0.717, 1.165) is 23.1 Å². The predicted octanol–water partition coefficient (Wildman–Crippen LogP) is 8.47. The molecule has 2 atom stereocenters. The minimum atomic E-state index is 0.0488. The molecule has 40 heavy (non-hydrogen) atoms. The molecule has 6 rings (SSSR count). The normalized spacial score (nSPS) is 16.6. The summed E-state index contributed by atoms with van der Waals surface area (Å²) < 4.78 is 2.41. The number of benzene rings is 5. The fraction of sp³-hybridized carbons (Fsp3) is 0.162. The van der Waals surface area contributed by atoms with Crippen molar-refractivity contribution in [1.29, 1.82) is 0 Å². The first-order chi connectivity index (χ1) is 19.6. The van der Waals surface area contributed by atoms with E-state index >= 15 is 0 Å². The molecule has 0 saturated carbocycles. The van der Waals surface area contributed by atoms with Crippen LogP contribution in [-0.4, -0.2) is 16.0 Å². The second-order valence-corrected chi connectivity index (χ2v) is 10.6. The van der Waals surface area contributed by atoms with Gasteiger partial charge in [0.1, 0.15) is 18.0 Å². The van der Waals surface area contributed by atoms with Gasteiger partial charge in [0.15, 0.2) is 12.1 Å². The molecule has 3 heteroatoms. The van der Waals surface area contributed by atoms with Gasteiger partial charge >= 0.3 is 0 Å². The summed E-state index contributed by atoms with van der Waals surface area (Å²) in [6, 6.07) is 44.6. The van der Waals surface area contributed by atoms with Crippen LogP contribution in [0.5, 0.6) is 5.75 Å². The molecular formula is C37H35N2O+. The summed E-state index contributed by atoms with van der Waals surface area (Å²) in [6.45, 7) is 5.02. The minimum Gasteiger partial charge on any atom is -0.508 e. The third-order valence-electron chi connectivity index (χ3n) is 8.01. The SMILES string of the molecule is CCc1cccc(C)c1N1C=[N+](Cc2cc(-c3ccccc3)ccc2O)[C@@H](c2ccccc2)[C@@H]1c1ccccc1. The van der Waals surface area contributed by atoms with Crippen LogP contribution in [0.2, 0.25) is 0 Å². The van der Waals surface area contributed by atoms with Gasteiger partial charge in [-0.15, -0.1) is 0 Å². The van der Waals surface area contributed by atoms with E-state index in [9.17, 15) is 5.11 Å². The number of para-hydroxylation sites is 1. The molecule has 0 aliphatic carbocycles. The molecule has 3 nitrogen and oxygen atoms in total. The number of aromatic hydroxyl groups is 1. The number of rotatable bonds is 7. The van der Waals surface area contributed by atoms with Crippen LogP contribution in [0.15, 0.2) is 127 Å². The number of phenolic OH excluding ortho intramolecular Hbond substituents is 1. The summed E-state index contributed by atoms with van der Waals surface area (Å²) in [5, 5.41) is 11.0. The summed E-state index contributed by atoms with van der Waals surface area (Å²) in [5.74, 6) is 0.319. The lowest BCUT2D eigenvalue weighted by Gasteiger charge is -2.26. The third-order valence-corrected chi connectivity index (χ3v) is 8.01. The average Bonchev–Trinajstić information content (AvgIpc) is 3.37. The molecule has 0 spiro atoms. The van der Waals surface area contributed by atoms with Crippen molar-refractivity contribution in [3.63, 3.8) is 0 Å². The lowest BCUT2D eigenvalue weighted by atomic mass is 9.91. The number of phenols is 1. The molecule has 1 aliphatic rings. The van der Waals surface area contributed by atoms with Crippen molar-refractivity contribution in [1.82, 2.24) is 0 Å². The van der Waals surface area contributed by atoms with Gasteiger partial charge in [0.05, 0.1) is 0 Å². The van der Waals surface area contributed by atoms with Gasteiger partial charge < -0.3 is 5.11 Å². The molecular weight excluding hydrogens is 488 g/mol. The Labute approximate surface area is 237 Å². The van der Waals surface area contributed by atoms with Crippen LogP contribution in [0, 0.1) is 6.92 Å². The molecule has 0 radical (unpaired) electrons. The largest absolute Gasteiger partial charge is 0.508 e. The minimum absolute atomic E-state index is 0.0488. The van der Waals surface area contributed by atoms with Gasteiger partial charge in [0.25, 0.3) is 0 Å². The van der Waals surface area contributed by atoms with E-state index in [0.29, 0.717) is 12.3 Å². The molecule has 0 fully saturated rings. The van der Waals surface area contributed by atoms with Crippen molar-refractivity contribution in [3.8, 4) is 16.9 Å². The van der Waals surface area contributed by atoms with Gasteiger partial charge in [0, 0.05) is 16.7 Å². The van der Waals surface area contributed by atoms with Gasteiger partial charge in [-0.25, -0.2) is 4.90 Å². The Morgan fingerprint density at radius 2 is 1.32 bits per heavy atom. The summed E-state index contributed by atoms with van der Waals surface area (Å²) >= 11 is 0. The van der Waals surface area contributed by atoms with Crippen LogP contribution in [0.4, 0.5) is 5.69 Å². The number of anilines is 1. The molecule has 0 saturated heterocycles. The maximum Gasteiger partial charge on any atom is 0.240 e. The first kappa shape index (κ1) is 25.6. The average molecular weight is 524 g/mol. The van der Waals surface area contributed by atoms with Crippen molar-refractivity contribution in [2.75, 3.05) is 4.90 Å². The summed E-state index contributed by atoms with van der Waals surface area (Å²) in [5.41, 5.74) is 9.54. The molecule has 1 aliphatic heterocycles. The molecule has 5 aromatic carbocycles. The maximum absolute atomic E-state index is 11.0. The fourth-order valence-electron chi connectivity index (χ4n) is 6.08. The standard InChI is InChI=1S/C37H34N2O/c1-3-28-21-13-14-27(2)35(28)39-26-38(25-33-24-32(22-23-34(33)40)29-15-7-4-8-16-29)36(30-17-9-5-10-18-30)37(39)31-19-11-6-12-20-31/h4-24,26,36-37H,3,25H2,1-2H3/p+1/t36-,37-/m0/s1. The predicted molar refractivity (Wildman–Crippen MR) is 165 cm³/mol. The number of nitrogens with zero attached hydrogens (tertiary/aromatic N) is 2. The van der Waals surface area contributed by atoms with E-state index in [1.165, 1.54) is 27.9 Å². The van der Waals surface area contributed by atoms with Crippen molar-refractivity contribution >= 4 is 12.0 Å². The van der Waals surface area contributed by atoms with Crippen LogP contribution in [-0.2, 0) is 13.0 Å². The topological polar surface area (TPSA) is 26.5 Å². The summed E-state index contributed by atoms with van der Waals surface area (Å²) in [4.78, 5) is 2.47. The Morgan fingerprint density at radius 3 is 2.00 bits per heavy atom. The first-order valence-electron chi connectivity index (χ1n) is 14.1. The Bertz CT molecular complexity index is 1630. The van der Waals surface area contributed by atoms with Crippen LogP contribution in [0.25, 0.3) is 11.1 Å². The Hall–Kier alpha value is -4.63. The molecule has 0 aromatic heterocycles. The molecule has 1 heterocycles. The smallest absolute Gasteiger partial charge is 0.240 e. The second-order valence-electron chi connectivity index (χ2n) is 10.6. The van der Waals surface area contributed by atoms with Crippen molar-refractivity contribution in [3.05, 3.63) is 155 Å². The lowest BCUT2D eigenvalue weighted by Crippen LogP contribution is -2.27.